The standard InChI is InChI=1S/C17H14N2O2Se/c20-11-13-6-7-15(21-13)16-14-8-9-22-17(14)19(18-16)10-12-4-2-1-3-5-12/h1-9,20H,10-11H2. The summed E-state index contributed by atoms with van der Waals surface area (Å²) >= 11 is 0.307. The Bertz CT molecular complexity index is 905. The molecule has 0 radical (unpaired) electrons. The van der Waals surface area contributed by atoms with Crippen LogP contribution in [0, 0.1) is 0 Å². The molecule has 22 heavy (non-hydrogen) atoms. The minimum absolute atomic E-state index is 0.0906. The van der Waals surface area contributed by atoms with Crippen LogP contribution in [0.1, 0.15) is 11.3 Å². The second kappa shape index (κ2) is 5.61. The van der Waals surface area contributed by atoms with Gasteiger partial charge in [0.25, 0.3) is 0 Å². The number of aliphatic hydroxyl groups excluding tert-OH is 1. The van der Waals surface area contributed by atoms with Crippen molar-refractivity contribution in [3.05, 3.63) is 64.8 Å². The van der Waals surface area contributed by atoms with Gasteiger partial charge in [-0.3, -0.25) is 0 Å². The van der Waals surface area contributed by atoms with E-state index in [1.807, 2.05) is 24.3 Å². The summed E-state index contributed by atoms with van der Waals surface area (Å²) in [6.07, 6.45) is 0. The predicted octanol–water partition coefficient (Wildman–Crippen LogP) is 2.89. The van der Waals surface area contributed by atoms with Crippen LogP contribution in [0.3, 0.4) is 0 Å². The average molecular weight is 357 g/mol. The molecule has 0 fully saturated rings. The molecule has 0 unspecified atom stereocenters. The minimum atomic E-state index is -0.0906. The molecule has 3 heterocycles. The fourth-order valence-corrected chi connectivity index (χ4v) is 4.32. The molecule has 0 atom stereocenters. The van der Waals surface area contributed by atoms with Crippen molar-refractivity contribution < 1.29 is 9.52 Å². The molecule has 0 aliphatic carbocycles. The Morgan fingerprint density at radius 3 is 2.73 bits per heavy atom. The summed E-state index contributed by atoms with van der Waals surface area (Å²) in [6, 6.07) is 16.1. The summed E-state index contributed by atoms with van der Waals surface area (Å²) in [6.45, 7) is 0.673. The van der Waals surface area contributed by atoms with Crippen LogP contribution in [-0.4, -0.2) is 29.4 Å². The van der Waals surface area contributed by atoms with Gasteiger partial charge in [0.1, 0.15) is 0 Å². The molecule has 0 amide bonds. The molecule has 0 saturated heterocycles. The van der Waals surface area contributed by atoms with Crippen molar-refractivity contribution in [1.29, 1.82) is 0 Å². The molecule has 4 nitrogen and oxygen atoms in total. The average Bonchev–Trinajstić information content (AvgIpc) is 3.25. The summed E-state index contributed by atoms with van der Waals surface area (Å²) in [7, 11) is 0. The van der Waals surface area contributed by atoms with Crippen molar-refractivity contribution in [2.24, 2.45) is 0 Å². The molecule has 4 aromatic rings. The molecular formula is C17H14N2O2Se. The van der Waals surface area contributed by atoms with Crippen molar-refractivity contribution >= 4 is 24.3 Å². The number of nitrogens with zero attached hydrogens (tertiary/aromatic N) is 2. The summed E-state index contributed by atoms with van der Waals surface area (Å²) in [5.41, 5.74) is 2.10. The zero-order valence-electron chi connectivity index (χ0n) is 11.8. The molecule has 1 aromatic carbocycles. The number of aromatic nitrogens is 2. The van der Waals surface area contributed by atoms with Gasteiger partial charge < -0.3 is 0 Å². The third-order valence-electron chi connectivity index (χ3n) is 3.58. The molecule has 5 heteroatoms. The third kappa shape index (κ3) is 2.33. The summed E-state index contributed by atoms with van der Waals surface area (Å²) in [5, 5.41) is 15.1. The van der Waals surface area contributed by atoms with E-state index in [0.717, 1.165) is 23.4 Å². The van der Waals surface area contributed by atoms with Crippen LogP contribution in [0.25, 0.3) is 21.2 Å². The number of hydrogen-bond donors (Lipinski definition) is 1. The maximum atomic E-state index is 9.16. The normalized spacial score (nSPS) is 11.3. The predicted molar refractivity (Wildman–Crippen MR) is 85.8 cm³/mol. The van der Waals surface area contributed by atoms with Crippen LogP contribution in [0.15, 0.2) is 57.9 Å². The van der Waals surface area contributed by atoms with E-state index in [9.17, 15) is 0 Å². The fraction of sp³-hybridized carbons (Fsp3) is 0.118. The first-order valence-electron chi connectivity index (χ1n) is 7.03. The molecule has 4 rings (SSSR count). The zero-order chi connectivity index (χ0) is 14.9. The Morgan fingerprint density at radius 2 is 1.95 bits per heavy atom. The number of fused-ring (bicyclic) bond motifs is 1. The molecular weight excluding hydrogens is 343 g/mol. The number of benzene rings is 1. The van der Waals surface area contributed by atoms with Crippen LogP contribution in [-0.2, 0) is 13.2 Å². The van der Waals surface area contributed by atoms with E-state index in [0.29, 0.717) is 20.3 Å². The fourth-order valence-electron chi connectivity index (χ4n) is 2.54. The van der Waals surface area contributed by atoms with Crippen LogP contribution >= 0.6 is 0 Å². The molecule has 0 aliphatic rings. The van der Waals surface area contributed by atoms with Gasteiger partial charge in [0, 0.05) is 0 Å². The molecule has 3 aromatic heterocycles. The molecule has 1 N–H and O–H groups in total. The van der Waals surface area contributed by atoms with E-state index < -0.39 is 0 Å². The first kappa shape index (κ1) is 13.6. The van der Waals surface area contributed by atoms with E-state index in [2.05, 4.69) is 27.8 Å². The van der Waals surface area contributed by atoms with Gasteiger partial charge in [-0.2, -0.15) is 0 Å². The Balaban J connectivity index is 1.79. The first-order chi connectivity index (χ1) is 10.8. The maximum absolute atomic E-state index is 9.16. The zero-order valence-corrected chi connectivity index (χ0v) is 13.5. The van der Waals surface area contributed by atoms with Gasteiger partial charge in [-0.25, -0.2) is 0 Å². The number of hydrogen-bond acceptors (Lipinski definition) is 3. The van der Waals surface area contributed by atoms with Crippen molar-refractivity contribution in [2.45, 2.75) is 13.2 Å². The van der Waals surface area contributed by atoms with E-state index in [4.69, 9.17) is 14.6 Å². The Hall–Kier alpha value is -2.07. The van der Waals surface area contributed by atoms with E-state index >= 15 is 0 Å². The van der Waals surface area contributed by atoms with Gasteiger partial charge in [0.2, 0.25) is 0 Å². The summed E-state index contributed by atoms with van der Waals surface area (Å²) in [4.78, 5) is 2.21. The third-order valence-corrected chi connectivity index (χ3v) is 5.52. The summed E-state index contributed by atoms with van der Waals surface area (Å²) in [5.74, 6) is 1.28. The van der Waals surface area contributed by atoms with Crippen LogP contribution in [0.4, 0.5) is 0 Å². The van der Waals surface area contributed by atoms with Crippen LogP contribution in [0.5, 0.6) is 0 Å². The van der Waals surface area contributed by atoms with Crippen molar-refractivity contribution in [2.75, 3.05) is 0 Å². The van der Waals surface area contributed by atoms with Crippen molar-refractivity contribution in [1.82, 2.24) is 9.78 Å². The second-order valence-electron chi connectivity index (χ2n) is 5.06. The Morgan fingerprint density at radius 1 is 1.09 bits per heavy atom. The van der Waals surface area contributed by atoms with Crippen LogP contribution in [0.2, 0.25) is 0 Å². The van der Waals surface area contributed by atoms with Crippen molar-refractivity contribution in [3.8, 4) is 11.5 Å². The molecule has 110 valence electrons. The molecule has 0 bridgehead atoms. The summed E-state index contributed by atoms with van der Waals surface area (Å²) < 4.78 is 9.00. The number of aliphatic hydroxyl groups is 1. The van der Waals surface area contributed by atoms with E-state index in [1.165, 1.54) is 9.95 Å². The quantitative estimate of drug-likeness (QED) is 0.572. The molecule has 0 aliphatic heterocycles. The van der Waals surface area contributed by atoms with Crippen LogP contribution < -0.4 is 0 Å². The van der Waals surface area contributed by atoms with Gasteiger partial charge in [-0.05, 0) is 0 Å². The molecule has 0 saturated carbocycles. The van der Waals surface area contributed by atoms with Crippen molar-refractivity contribution in [3.63, 3.8) is 0 Å². The monoisotopic (exact) mass is 358 g/mol. The van der Waals surface area contributed by atoms with Gasteiger partial charge in [-0.1, -0.05) is 0 Å². The Labute approximate surface area is 133 Å². The van der Waals surface area contributed by atoms with Gasteiger partial charge in [0.05, 0.1) is 0 Å². The number of rotatable bonds is 4. The van der Waals surface area contributed by atoms with Gasteiger partial charge >= 0.3 is 133 Å². The van der Waals surface area contributed by atoms with E-state index in [-0.39, 0.29) is 6.61 Å². The van der Waals surface area contributed by atoms with Gasteiger partial charge in [0.15, 0.2) is 0 Å². The second-order valence-corrected chi connectivity index (χ2v) is 6.93. The van der Waals surface area contributed by atoms with Gasteiger partial charge in [-0.15, -0.1) is 0 Å². The van der Waals surface area contributed by atoms with E-state index in [1.54, 1.807) is 6.07 Å². The first-order valence-corrected chi connectivity index (χ1v) is 8.87. The molecule has 0 spiro atoms. The Kier molecular flexibility index (Phi) is 3.46. The number of furan rings is 1. The SMILES string of the molecule is OCc1ccc(-c2nn(Cc3ccccc3)c3[se]ccc23)o1. The topological polar surface area (TPSA) is 51.2 Å².